The number of nitrogens with zero attached hydrogens (tertiary/aromatic N) is 6. The Bertz CT molecular complexity index is 1340. The first kappa shape index (κ1) is 25.0. The second-order valence-corrected chi connectivity index (χ2v) is 6.94. The lowest BCUT2D eigenvalue weighted by atomic mass is 10.2. The molecular weight excluding hydrogens is 476 g/mol. The summed E-state index contributed by atoms with van der Waals surface area (Å²) in [5, 5.41) is 45.0. The maximum Gasteiger partial charge on any atom is 0.347 e. The predicted molar refractivity (Wildman–Crippen MR) is 128 cm³/mol. The van der Waals surface area contributed by atoms with Crippen LogP contribution >= 0.6 is 0 Å². The van der Waals surface area contributed by atoms with Crippen LogP contribution in [0.3, 0.4) is 0 Å². The van der Waals surface area contributed by atoms with E-state index >= 15 is 0 Å². The summed E-state index contributed by atoms with van der Waals surface area (Å²) >= 11 is 0. The van der Waals surface area contributed by atoms with Crippen molar-refractivity contribution in [3.05, 3.63) is 126 Å². The smallest absolute Gasteiger partial charge is 0.258 e. The topological polar surface area (TPSA) is 179 Å². The third-order valence-corrected chi connectivity index (χ3v) is 4.72. The van der Waals surface area contributed by atoms with Crippen LogP contribution in [0.1, 0.15) is 0 Å². The highest BCUT2D eigenvalue weighted by atomic mass is 16.6. The molecule has 2 aromatic carbocycles. The van der Waals surface area contributed by atoms with Crippen LogP contribution in [0.4, 0.5) is 34.1 Å². The number of allylic oxidation sites excluding steroid dienone is 6. The molecule has 36 heavy (non-hydrogen) atoms. The van der Waals surface area contributed by atoms with Crippen LogP contribution in [0.15, 0.2) is 85.3 Å². The van der Waals surface area contributed by atoms with Crippen molar-refractivity contribution in [1.29, 1.82) is 0 Å². The van der Waals surface area contributed by atoms with E-state index < -0.39 is 42.4 Å². The van der Waals surface area contributed by atoms with Gasteiger partial charge in [-0.1, -0.05) is 12.2 Å². The number of nitro groups is 4. The van der Waals surface area contributed by atoms with E-state index in [1.807, 2.05) is 0 Å². The van der Waals surface area contributed by atoms with Crippen molar-refractivity contribution in [2.24, 2.45) is 0 Å². The molecule has 0 saturated carbocycles. The van der Waals surface area contributed by atoms with Crippen LogP contribution in [0.5, 0.6) is 0 Å². The number of hydrogen-bond donors (Lipinski definition) is 0. The van der Waals surface area contributed by atoms with Gasteiger partial charge in [-0.05, 0) is 0 Å². The van der Waals surface area contributed by atoms with Crippen molar-refractivity contribution in [1.82, 2.24) is 0 Å². The first-order valence-corrected chi connectivity index (χ1v) is 9.98. The lowest BCUT2D eigenvalue weighted by Gasteiger charge is -1.99. The molecule has 2 aromatic rings. The number of benzene rings is 2. The van der Waals surface area contributed by atoms with Gasteiger partial charge >= 0.3 is 11.4 Å². The second-order valence-electron chi connectivity index (χ2n) is 6.94. The molecule has 14 heteroatoms. The highest BCUT2D eigenvalue weighted by Crippen LogP contribution is 2.32. The van der Waals surface area contributed by atoms with Gasteiger partial charge in [-0.2, -0.15) is 9.15 Å². The van der Waals surface area contributed by atoms with Crippen LogP contribution in [-0.2, 0) is 0 Å². The molecule has 180 valence electrons. The van der Waals surface area contributed by atoms with Gasteiger partial charge in [-0.3, -0.25) is 40.5 Å². The number of rotatable bonds is 6. The average Bonchev–Trinajstić information content (AvgIpc) is 2.83. The van der Waals surface area contributed by atoms with Gasteiger partial charge in [0, 0.05) is 48.6 Å². The molecule has 14 nitrogen and oxygen atoms in total. The molecule has 0 atom stereocenters. The lowest BCUT2D eigenvalue weighted by Crippen LogP contribution is -2.03. The van der Waals surface area contributed by atoms with Crippen LogP contribution in [-0.4, -0.2) is 41.3 Å². The molecule has 0 spiro atoms. The first-order valence-electron chi connectivity index (χ1n) is 9.98. The third-order valence-electron chi connectivity index (χ3n) is 4.72. The number of non-ortho nitro benzene ring substituents is 2. The van der Waals surface area contributed by atoms with Crippen molar-refractivity contribution in [3.8, 4) is 0 Å². The maximum atomic E-state index is 11.5. The van der Waals surface area contributed by atoms with Gasteiger partial charge in [0.15, 0.2) is 24.8 Å². The Morgan fingerprint density at radius 2 is 0.889 bits per heavy atom. The molecule has 1 heterocycles. The van der Waals surface area contributed by atoms with Crippen molar-refractivity contribution < 1.29 is 28.8 Å². The Morgan fingerprint density at radius 1 is 0.500 bits per heavy atom. The summed E-state index contributed by atoms with van der Waals surface area (Å²) in [6.07, 6.45) is 15.1. The third kappa shape index (κ3) is 5.82. The van der Waals surface area contributed by atoms with E-state index in [9.17, 15) is 40.5 Å². The Hall–Kier alpha value is -5.66. The second kappa shape index (κ2) is 11.0. The Morgan fingerprint density at radius 3 is 1.22 bits per heavy atom. The van der Waals surface area contributed by atoms with E-state index in [1.165, 1.54) is 70.4 Å². The van der Waals surface area contributed by atoms with Crippen molar-refractivity contribution in [2.75, 3.05) is 0 Å². The summed E-state index contributed by atoms with van der Waals surface area (Å²) in [6, 6.07) is 6.57. The molecule has 0 radical (unpaired) electrons. The normalized spacial score (nSPS) is 19.7. The van der Waals surface area contributed by atoms with Gasteiger partial charge in [-0.25, -0.2) is 0 Å². The SMILES string of the molecule is O=[N+]([O-])c1ccc([N+]2=C\C=C/C=C/[N+](c3ccc([N+](=O)[O-])cc3[N+](=O)[O-])=C/C=C/C=C\2)c([N+](=O)[O-])c1. The van der Waals surface area contributed by atoms with E-state index in [2.05, 4.69) is 0 Å². The minimum absolute atomic E-state index is 0.0908. The molecule has 0 fully saturated rings. The quantitative estimate of drug-likeness (QED) is 0.319. The minimum atomic E-state index is -0.725. The van der Waals surface area contributed by atoms with Crippen LogP contribution < -0.4 is 0 Å². The monoisotopic (exact) mass is 492 g/mol. The largest absolute Gasteiger partial charge is 0.347 e. The molecule has 0 aromatic heterocycles. The summed E-state index contributed by atoms with van der Waals surface area (Å²) in [7, 11) is 0. The van der Waals surface area contributed by atoms with E-state index in [4.69, 9.17) is 0 Å². The van der Waals surface area contributed by atoms with Crippen molar-refractivity contribution in [2.45, 2.75) is 0 Å². The Balaban J connectivity index is 2.01. The fourth-order valence-electron chi connectivity index (χ4n) is 3.10. The molecule has 0 N–H and O–H groups in total. The summed E-state index contributed by atoms with van der Waals surface area (Å²) in [6.45, 7) is 0. The van der Waals surface area contributed by atoms with Crippen LogP contribution in [0, 0.1) is 40.5 Å². The molecular formula is C22H16N6O8+2. The Kier molecular flexibility index (Phi) is 7.61. The number of nitro benzene ring substituents is 4. The molecule has 1 aliphatic rings. The number of hydrogen-bond acceptors (Lipinski definition) is 8. The zero-order valence-electron chi connectivity index (χ0n) is 18.2. The van der Waals surface area contributed by atoms with Crippen LogP contribution in [0.2, 0.25) is 0 Å². The van der Waals surface area contributed by atoms with Gasteiger partial charge in [0.05, 0.1) is 19.7 Å². The molecule has 0 aliphatic carbocycles. The van der Waals surface area contributed by atoms with Crippen LogP contribution in [0.25, 0.3) is 0 Å². The molecule has 1 aliphatic heterocycles. The summed E-state index contributed by atoms with van der Waals surface area (Å²) in [5.74, 6) is 0. The molecule has 0 unspecified atom stereocenters. The average molecular weight is 492 g/mol. The fourth-order valence-corrected chi connectivity index (χ4v) is 3.10. The zero-order chi connectivity index (χ0) is 26.2. The zero-order valence-corrected chi connectivity index (χ0v) is 18.2. The van der Waals surface area contributed by atoms with E-state index in [-0.39, 0.29) is 11.4 Å². The Labute approximate surface area is 201 Å². The van der Waals surface area contributed by atoms with Gasteiger partial charge in [-0.15, -0.1) is 0 Å². The summed E-state index contributed by atoms with van der Waals surface area (Å²) < 4.78 is 2.80. The predicted octanol–water partition coefficient (Wildman–Crippen LogP) is 4.60. The standard InChI is InChI=1S/C22H16N6O8/c29-25(30)17-7-9-19(21(15-17)27(33)34)23-11-3-1-4-12-24(14-6-2-5-13-23)20-10-8-18(26(31)32)16-22(20)28(35)36/h1-16H/q+2/b3-1-,4-1?,5-2?,6-2+,11-3?,12-4+,13-5-,14-6?,23-11-,23-13?,24-12?,24-14-. The highest BCUT2D eigenvalue weighted by Gasteiger charge is 2.27. The van der Waals surface area contributed by atoms with Gasteiger partial charge < -0.3 is 0 Å². The van der Waals surface area contributed by atoms with E-state index in [0.717, 1.165) is 24.3 Å². The molecule has 0 amide bonds. The molecule has 0 saturated heterocycles. The van der Waals surface area contributed by atoms with Crippen molar-refractivity contribution in [3.63, 3.8) is 0 Å². The lowest BCUT2D eigenvalue weighted by molar-refractivity contribution is -0.413. The maximum absolute atomic E-state index is 11.5. The van der Waals surface area contributed by atoms with E-state index in [1.54, 1.807) is 12.2 Å². The molecule has 0 bridgehead atoms. The fraction of sp³-hybridized carbons (Fsp3) is 0. The van der Waals surface area contributed by atoms with E-state index in [0.29, 0.717) is 0 Å². The van der Waals surface area contributed by atoms with Gasteiger partial charge in [0.25, 0.3) is 22.7 Å². The van der Waals surface area contributed by atoms with Crippen molar-refractivity contribution >= 4 is 46.6 Å². The molecule has 3 rings (SSSR count). The minimum Gasteiger partial charge on any atom is -0.258 e. The summed E-state index contributed by atoms with van der Waals surface area (Å²) in [4.78, 5) is 42.1. The first-order chi connectivity index (χ1) is 17.2. The highest BCUT2D eigenvalue weighted by molar-refractivity contribution is 5.72. The summed E-state index contributed by atoms with van der Waals surface area (Å²) in [5.41, 5.74) is -1.59. The van der Waals surface area contributed by atoms with Gasteiger partial charge in [0.1, 0.15) is 12.1 Å². The van der Waals surface area contributed by atoms with Gasteiger partial charge in [0.2, 0.25) is 0 Å².